The highest BCUT2D eigenvalue weighted by Crippen LogP contribution is 2.30. The lowest BCUT2D eigenvalue weighted by Gasteiger charge is -2.13. The van der Waals surface area contributed by atoms with Gasteiger partial charge in [-0.1, -0.05) is 18.2 Å². The summed E-state index contributed by atoms with van der Waals surface area (Å²) < 4.78 is 5.86. The van der Waals surface area contributed by atoms with E-state index in [1.807, 2.05) is 30.3 Å². The zero-order valence-electron chi connectivity index (χ0n) is 11.3. The van der Waals surface area contributed by atoms with Crippen molar-refractivity contribution >= 4 is 11.6 Å². The van der Waals surface area contributed by atoms with Gasteiger partial charge in [0.05, 0.1) is 23.9 Å². The van der Waals surface area contributed by atoms with Gasteiger partial charge in [0.1, 0.15) is 5.75 Å². The maximum atomic E-state index is 9.04. The molecule has 5 nitrogen and oxygen atoms in total. The minimum absolute atomic E-state index is 0.566. The van der Waals surface area contributed by atoms with E-state index >= 15 is 0 Å². The molecule has 0 spiro atoms. The molecule has 1 heterocycles. The molecule has 0 atom stereocenters. The molecule has 0 fully saturated rings. The maximum absolute atomic E-state index is 9.04. The Labute approximate surface area is 122 Å². The number of hydrogen-bond donors (Lipinski definition) is 2. The van der Waals surface area contributed by atoms with Gasteiger partial charge >= 0.3 is 0 Å². The zero-order valence-corrected chi connectivity index (χ0v) is 11.3. The van der Waals surface area contributed by atoms with Crippen LogP contribution in [-0.2, 0) is 0 Å². The van der Waals surface area contributed by atoms with Crippen molar-refractivity contribution in [1.29, 1.82) is 5.26 Å². The number of nitrogens with one attached hydrogen (secondary N) is 2. The van der Waals surface area contributed by atoms with Crippen LogP contribution in [-0.4, -0.2) is 19.0 Å². The van der Waals surface area contributed by atoms with Crippen molar-refractivity contribution in [3.05, 3.63) is 54.1 Å². The molecule has 2 aromatic carbocycles. The third-order valence-corrected chi connectivity index (χ3v) is 3.01. The van der Waals surface area contributed by atoms with Crippen LogP contribution in [0.4, 0.5) is 5.69 Å². The fourth-order valence-corrected chi connectivity index (χ4v) is 2.01. The van der Waals surface area contributed by atoms with Crippen LogP contribution in [0.15, 0.2) is 53.5 Å². The highest BCUT2D eigenvalue weighted by Gasteiger charge is 2.11. The van der Waals surface area contributed by atoms with E-state index < -0.39 is 0 Å². The number of anilines is 1. The van der Waals surface area contributed by atoms with Crippen molar-refractivity contribution in [2.45, 2.75) is 0 Å². The zero-order chi connectivity index (χ0) is 14.5. The summed E-state index contributed by atoms with van der Waals surface area (Å²) >= 11 is 0. The molecule has 0 radical (unpaired) electrons. The number of rotatable bonds is 3. The molecule has 2 N–H and O–H groups in total. The second-order valence-corrected chi connectivity index (χ2v) is 4.52. The van der Waals surface area contributed by atoms with E-state index in [0.717, 1.165) is 18.8 Å². The van der Waals surface area contributed by atoms with Crippen LogP contribution in [0.3, 0.4) is 0 Å². The first-order chi connectivity index (χ1) is 10.3. The van der Waals surface area contributed by atoms with E-state index in [-0.39, 0.29) is 0 Å². The van der Waals surface area contributed by atoms with Crippen molar-refractivity contribution in [3.8, 4) is 17.6 Å². The fraction of sp³-hybridized carbons (Fsp3) is 0.125. The average molecular weight is 278 g/mol. The van der Waals surface area contributed by atoms with Gasteiger partial charge in [0, 0.05) is 6.54 Å². The molecule has 3 rings (SSSR count). The van der Waals surface area contributed by atoms with E-state index in [0.29, 0.717) is 23.0 Å². The molecule has 0 saturated heterocycles. The van der Waals surface area contributed by atoms with E-state index in [4.69, 9.17) is 10.00 Å². The van der Waals surface area contributed by atoms with Crippen molar-refractivity contribution in [2.24, 2.45) is 4.99 Å². The highest BCUT2D eigenvalue weighted by molar-refractivity contribution is 5.96. The quantitative estimate of drug-likeness (QED) is 0.905. The molecule has 0 saturated carbocycles. The number of benzene rings is 2. The minimum atomic E-state index is 0.566. The summed E-state index contributed by atoms with van der Waals surface area (Å²) in [5.74, 6) is 2.09. The van der Waals surface area contributed by atoms with Gasteiger partial charge in [-0.15, -0.1) is 0 Å². The molecule has 2 aromatic rings. The first-order valence-corrected chi connectivity index (χ1v) is 6.67. The smallest absolute Gasteiger partial charge is 0.196 e. The summed E-state index contributed by atoms with van der Waals surface area (Å²) in [6.07, 6.45) is 0. The van der Waals surface area contributed by atoms with E-state index in [9.17, 15) is 0 Å². The van der Waals surface area contributed by atoms with Crippen LogP contribution >= 0.6 is 0 Å². The van der Waals surface area contributed by atoms with Gasteiger partial charge in [-0.05, 0) is 30.3 Å². The Bertz CT molecular complexity index is 704. The number of aliphatic imine (C=N–C) groups is 1. The Morgan fingerprint density at radius 2 is 2.05 bits per heavy atom. The van der Waals surface area contributed by atoms with Gasteiger partial charge in [-0.3, -0.25) is 4.99 Å². The van der Waals surface area contributed by atoms with Gasteiger partial charge in [-0.2, -0.15) is 5.26 Å². The predicted octanol–water partition coefficient (Wildman–Crippen LogP) is 2.72. The number of hydrogen-bond acceptors (Lipinski definition) is 5. The summed E-state index contributed by atoms with van der Waals surface area (Å²) in [5, 5.41) is 15.3. The average Bonchev–Trinajstić information content (AvgIpc) is 3.03. The summed E-state index contributed by atoms with van der Waals surface area (Å²) in [7, 11) is 0. The molecule has 21 heavy (non-hydrogen) atoms. The lowest BCUT2D eigenvalue weighted by molar-refractivity contribution is 0.485. The maximum Gasteiger partial charge on any atom is 0.196 e. The van der Waals surface area contributed by atoms with Gasteiger partial charge < -0.3 is 15.4 Å². The van der Waals surface area contributed by atoms with E-state index in [1.165, 1.54) is 0 Å². The van der Waals surface area contributed by atoms with Crippen LogP contribution < -0.4 is 15.4 Å². The molecule has 0 aromatic heterocycles. The molecule has 5 heteroatoms. The summed E-state index contributed by atoms with van der Waals surface area (Å²) in [6, 6.07) is 16.9. The first-order valence-electron chi connectivity index (χ1n) is 6.67. The molecule has 104 valence electrons. The minimum Gasteiger partial charge on any atom is -0.455 e. The van der Waals surface area contributed by atoms with Gasteiger partial charge in [0.15, 0.2) is 11.7 Å². The van der Waals surface area contributed by atoms with Crippen LogP contribution in [0, 0.1) is 11.3 Å². The molecule has 0 unspecified atom stereocenters. The fourth-order valence-electron chi connectivity index (χ4n) is 2.01. The summed E-state index contributed by atoms with van der Waals surface area (Å²) in [4.78, 5) is 4.29. The van der Waals surface area contributed by atoms with Crippen molar-refractivity contribution in [2.75, 3.05) is 18.4 Å². The highest BCUT2D eigenvalue weighted by atomic mass is 16.5. The first kappa shape index (κ1) is 13.0. The standard InChI is InChI=1S/C16H14N4O/c17-11-12-6-7-15(21-13-4-2-1-3-5-13)14(10-12)20-16-18-8-9-19-16/h1-7,10H,8-9H2,(H2,18,19,20). The van der Waals surface area contributed by atoms with Crippen LogP contribution in [0.2, 0.25) is 0 Å². The molecular weight excluding hydrogens is 264 g/mol. The number of para-hydroxylation sites is 1. The van der Waals surface area contributed by atoms with E-state index in [1.54, 1.807) is 18.2 Å². The third-order valence-electron chi connectivity index (χ3n) is 3.01. The molecule has 0 amide bonds. The second-order valence-electron chi connectivity index (χ2n) is 4.52. The molecule has 1 aliphatic rings. The van der Waals surface area contributed by atoms with Gasteiger partial charge in [0.2, 0.25) is 0 Å². The largest absolute Gasteiger partial charge is 0.455 e. The lowest BCUT2D eigenvalue weighted by atomic mass is 10.2. The summed E-state index contributed by atoms with van der Waals surface area (Å²) in [5.41, 5.74) is 1.28. The number of guanidine groups is 1. The third kappa shape index (κ3) is 3.12. The Morgan fingerprint density at radius 3 is 2.76 bits per heavy atom. The Kier molecular flexibility index (Phi) is 3.70. The van der Waals surface area contributed by atoms with Crippen molar-refractivity contribution < 1.29 is 4.74 Å². The predicted molar refractivity (Wildman–Crippen MR) is 81.6 cm³/mol. The molecular formula is C16H14N4O. The summed E-state index contributed by atoms with van der Waals surface area (Å²) in [6.45, 7) is 1.56. The Hall–Kier alpha value is -3.00. The number of ether oxygens (including phenoxy) is 1. The molecule has 1 aliphatic heterocycles. The van der Waals surface area contributed by atoms with Crippen molar-refractivity contribution in [3.63, 3.8) is 0 Å². The van der Waals surface area contributed by atoms with Crippen molar-refractivity contribution in [1.82, 2.24) is 5.32 Å². The van der Waals surface area contributed by atoms with E-state index in [2.05, 4.69) is 21.7 Å². The van der Waals surface area contributed by atoms with Crippen LogP contribution in [0.1, 0.15) is 5.56 Å². The number of nitriles is 1. The SMILES string of the molecule is N#Cc1ccc(Oc2ccccc2)c(NC2=NCCN2)c1. The normalized spacial score (nSPS) is 13.0. The Morgan fingerprint density at radius 1 is 1.19 bits per heavy atom. The molecule has 0 aliphatic carbocycles. The topological polar surface area (TPSA) is 69.4 Å². The van der Waals surface area contributed by atoms with Gasteiger partial charge in [-0.25, -0.2) is 0 Å². The lowest BCUT2D eigenvalue weighted by Crippen LogP contribution is -2.26. The second kappa shape index (κ2) is 5.97. The monoisotopic (exact) mass is 278 g/mol. The number of nitrogens with zero attached hydrogens (tertiary/aromatic N) is 2. The Balaban J connectivity index is 1.89. The van der Waals surface area contributed by atoms with Gasteiger partial charge in [0.25, 0.3) is 0 Å². The van der Waals surface area contributed by atoms with Crippen LogP contribution in [0.5, 0.6) is 11.5 Å². The molecule has 0 bridgehead atoms. The van der Waals surface area contributed by atoms with Crippen LogP contribution in [0.25, 0.3) is 0 Å².